The van der Waals surface area contributed by atoms with Gasteiger partial charge in [-0.2, -0.15) is 0 Å². The minimum absolute atomic E-state index is 0.191. The van der Waals surface area contributed by atoms with Gasteiger partial charge in [-0.15, -0.1) is 0 Å². The fourth-order valence-corrected chi connectivity index (χ4v) is 2.14. The third-order valence-corrected chi connectivity index (χ3v) is 2.83. The van der Waals surface area contributed by atoms with Crippen molar-refractivity contribution in [1.29, 1.82) is 0 Å². The first kappa shape index (κ1) is 8.06. The van der Waals surface area contributed by atoms with Crippen molar-refractivity contribution in [2.45, 2.75) is 13.8 Å². The summed E-state index contributed by atoms with van der Waals surface area (Å²) in [6.45, 7) is 4.48. The SMILES string of the molecule is CC1(C)C=CC=C2C=C(Br)C=C21. The molecule has 12 heavy (non-hydrogen) atoms. The van der Waals surface area contributed by atoms with Crippen LogP contribution in [0.3, 0.4) is 0 Å². The van der Waals surface area contributed by atoms with E-state index in [2.05, 4.69) is 60.2 Å². The summed E-state index contributed by atoms with van der Waals surface area (Å²) in [6.07, 6.45) is 10.9. The van der Waals surface area contributed by atoms with Crippen LogP contribution in [0, 0.1) is 5.41 Å². The van der Waals surface area contributed by atoms with Crippen molar-refractivity contribution >= 4 is 15.9 Å². The Hall–Kier alpha value is -0.560. The Balaban J connectivity index is 2.51. The Bertz CT molecular complexity index is 338. The largest absolute Gasteiger partial charge is 0.0744 e. The molecule has 0 aliphatic heterocycles. The van der Waals surface area contributed by atoms with Gasteiger partial charge in [0.05, 0.1) is 0 Å². The van der Waals surface area contributed by atoms with Gasteiger partial charge in [-0.25, -0.2) is 0 Å². The van der Waals surface area contributed by atoms with Gasteiger partial charge in [-0.1, -0.05) is 48.0 Å². The first-order chi connectivity index (χ1) is 5.59. The normalized spacial score (nSPS) is 24.4. The van der Waals surface area contributed by atoms with Gasteiger partial charge in [0.15, 0.2) is 0 Å². The van der Waals surface area contributed by atoms with Crippen LogP contribution in [0.4, 0.5) is 0 Å². The van der Waals surface area contributed by atoms with Gasteiger partial charge in [0.25, 0.3) is 0 Å². The second kappa shape index (κ2) is 2.46. The van der Waals surface area contributed by atoms with Gasteiger partial charge >= 0.3 is 0 Å². The number of hydrogen-bond acceptors (Lipinski definition) is 0. The Morgan fingerprint density at radius 2 is 2.00 bits per heavy atom. The molecule has 2 rings (SSSR count). The lowest BCUT2D eigenvalue weighted by Crippen LogP contribution is -2.13. The summed E-state index contributed by atoms with van der Waals surface area (Å²) >= 11 is 3.50. The van der Waals surface area contributed by atoms with Crippen molar-refractivity contribution in [3.05, 3.63) is 46.0 Å². The third-order valence-electron chi connectivity index (χ3n) is 2.37. The maximum Gasteiger partial charge on any atom is 0.0184 e. The molecule has 0 fully saturated rings. The molecule has 0 radical (unpaired) electrons. The predicted octanol–water partition coefficient (Wildman–Crippen LogP) is 3.73. The highest BCUT2D eigenvalue weighted by molar-refractivity contribution is 9.11. The number of rotatable bonds is 0. The van der Waals surface area contributed by atoms with E-state index in [-0.39, 0.29) is 5.41 Å². The number of hydrogen-bond donors (Lipinski definition) is 0. The highest BCUT2D eigenvalue weighted by Crippen LogP contribution is 2.42. The van der Waals surface area contributed by atoms with Crippen LogP contribution < -0.4 is 0 Å². The molecule has 0 spiro atoms. The van der Waals surface area contributed by atoms with Crippen LogP contribution in [0.1, 0.15) is 13.8 Å². The Morgan fingerprint density at radius 3 is 2.67 bits per heavy atom. The zero-order valence-electron chi connectivity index (χ0n) is 7.26. The molecule has 0 unspecified atom stereocenters. The highest BCUT2D eigenvalue weighted by Gasteiger charge is 2.26. The van der Waals surface area contributed by atoms with Crippen molar-refractivity contribution in [3.63, 3.8) is 0 Å². The molecular formula is C11H11Br. The highest BCUT2D eigenvalue weighted by atomic mass is 79.9. The second-order valence-electron chi connectivity index (χ2n) is 3.79. The quantitative estimate of drug-likeness (QED) is 0.587. The molecule has 0 heterocycles. The number of halogens is 1. The van der Waals surface area contributed by atoms with E-state index in [0.717, 1.165) is 0 Å². The van der Waals surface area contributed by atoms with Crippen LogP contribution in [-0.4, -0.2) is 0 Å². The Kier molecular flexibility index (Phi) is 1.65. The van der Waals surface area contributed by atoms with Crippen LogP contribution in [0.2, 0.25) is 0 Å². The van der Waals surface area contributed by atoms with Gasteiger partial charge in [-0.05, 0) is 23.3 Å². The van der Waals surface area contributed by atoms with E-state index >= 15 is 0 Å². The maximum atomic E-state index is 3.50. The van der Waals surface area contributed by atoms with E-state index in [1.807, 2.05) is 0 Å². The molecule has 0 aromatic heterocycles. The van der Waals surface area contributed by atoms with Crippen molar-refractivity contribution in [2.24, 2.45) is 5.41 Å². The molecular weight excluding hydrogens is 212 g/mol. The predicted molar refractivity (Wildman–Crippen MR) is 56.1 cm³/mol. The summed E-state index contributed by atoms with van der Waals surface area (Å²) in [5.74, 6) is 0. The van der Waals surface area contributed by atoms with Crippen molar-refractivity contribution in [3.8, 4) is 0 Å². The minimum atomic E-state index is 0.191. The molecule has 0 amide bonds. The average molecular weight is 223 g/mol. The molecule has 0 saturated carbocycles. The summed E-state index contributed by atoms with van der Waals surface area (Å²) in [5.41, 5.74) is 2.95. The third kappa shape index (κ3) is 1.13. The van der Waals surface area contributed by atoms with Crippen molar-refractivity contribution < 1.29 is 0 Å². The molecule has 0 aromatic rings. The monoisotopic (exact) mass is 222 g/mol. The lowest BCUT2D eigenvalue weighted by Gasteiger charge is -2.26. The van der Waals surface area contributed by atoms with Crippen molar-refractivity contribution in [1.82, 2.24) is 0 Å². The van der Waals surface area contributed by atoms with E-state index in [1.54, 1.807) is 0 Å². The van der Waals surface area contributed by atoms with Crippen LogP contribution in [0.25, 0.3) is 0 Å². The molecule has 0 bridgehead atoms. The first-order valence-electron chi connectivity index (χ1n) is 4.09. The molecule has 62 valence electrons. The molecule has 2 aliphatic carbocycles. The van der Waals surface area contributed by atoms with E-state index in [1.165, 1.54) is 15.6 Å². The average Bonchev–Trinajstić information content (AvgIpc) is 2.30. The summed E-state index contributed by atoms with van der Waals surface area (Å²) in [6, 6.07) is 0. The van der Waals surface area contributed by atoms with Gasteiger partial charge in [-0.3, -0.25) is 0 Å². The summed E-state index contributed by atoms with van der Waals surface area (Å²) < 4.78 is 1.18. The van der Waals surface area contributed by atoms with E-state index in [4.69, 9.17) is 0 Å². The van der Waals surface area contributed by atoms with Crippen LogP contribution in [0.5, 0.6) is 0 Å². The van der Waals surface area contributed by atoms with E-state index in [9.17, 15) is 0 Å². The van der Waals surface area contributed by atoms with Gasteiger partial charge in [0.1, 0.15) is 0 Å². The number of allylic oxidation sites excluding steroid dienone is 8. The molecule has 1 heteroatoms. The van der Waals surface area contributed by atoms with E-state index in [0.29, 0.717) is 0 Å². The molecule has 0 atom stereocenters. The maximum absolute atomic E-state index is 3.50. The van der Waals surface area contributed by atoms with Crippen LogP contribution in [0.15, 0.2) is 46.0 Å². The smallest absolute Gasteiger partial charge is 0.0184 e. The zero-order valence-corrected chi connectivity index (χ0v) is 8.85. The molecule has 2 aliphatic rings. The molecule has 0 aromatic carbocycles. The summed E-state index contributed by atoms with van der Waals surface area (Å²) in [7, 11) is 0. The zero-order chi connectivity index (χ0) is 8.77. The fourth-order valence-electron chi connectivity index (χ4n) is 1.67. The first-order valence-corrected chi connectivity index (χ1v) is 4.88. The fraction of sp³-hybridized carbons (Fsp3) is 0.273. The Morgan fingerprint density at radius 1 is 1.25 bits per heavy atom. The van der Waals surface area contributed by atoms with Gasteiger partial charge in [0.2, 0.25) is 0 Å². The van der Waals surface area contributed by atoms with E-state index < -0.39 is 0 Å². The number of fused-ring (bicyclic) bond motifs is 1. The molecule has 0 saturated heterocycles. The topological polar surface area (TPSA) is 0 Å². The lowest BCUT2D eigenvalue weighted by atomic mass is 9.78. The van der Waals surface area contributed by atoms with Crippen molar-refractivity contribution in [2.75, 3.05) is 0 Å². The lowest BCUT2D eigenvalue weighted by molar-refractivity contribution is 0.587. The van der Waals surface area contributed by atoms with Gasteiger partial charge in [0, 0.05) is 9.90 Å². The summed E-state index contributed by atoms with van der Waals surface area (Å²) in [4.78, 5) is 0. The standard InChI is InChI=1S/C11H11Br/c1-11(2)5-3-4-8-6-9(12)7-10(8)11/h3-7H,1-2H3. The Labute approximate surface area is 81.5 Å². The minimum Gasteiger partial charge on any atom is -0.0744 e. The van der Waals surface area contributed by atoms with Crippen LogP contribution >= 0.6 is 15.9 Å². The molecule has 0 nitrogen and oxygen atoms in total. The van der Waals surface area contributed by atoms with Gasteiger partial charge < -0.3 is 0 Å². The van der Waals surface area contributed by atoms with Crippen LogP contribution in [-0.2, 0) is 0 Å². The molecule has 0 N–H and O–H groups in total. The second-order valence-corrected chi connectivity index (χ2v) is 4.71. The summed E-state index contributed by atoms with van der Waals surface area (Å²) in [5, 5.41) is 0.